The SMILES string of the molecule is O=C(O)C[C@H](NC(=O)c1cc(O)n(-c2ccc(Cl)cc2)n1)c1c(F)cccc1F. The molecule has 1 atom stereocenters. The molecule has 0 unspecified atom stereocenters. The molecule has 0 spiro atoms. The van der Waals surface area contributed by atoms with Crippen molar-refractivity contribution in [1.82, 2.24) is 15.1 Å². The number of aromatic nitrogens is 2. The van der Waals surface area contributed by atoms with Crippen LogP contribution < -0.4 is 5.32 Å². The van der Waals surface area contributed by atoms with Crippen LogP contribution in [0.4, 0.5) is 8.78 Å². The van der Waals surface area contributed by atoms with E-state index >= 15 is 0 Å². The second-order valence-electron chi connectivity index (χ2n) is 6.04. The third-order valence-electron chi connectivity index (χ3n) is 4.03. The minimum atomic E-state index is -1.48. The lowest BCUT2D eigenvalue weighted by Crippen LogP contribution is -2.31. The summed E-state index contributed by atoms with van der Waals surface area (Å²) in [5, 5.41) is 25.8. The van der Waals surface area contributed by atoms with Crippen molar-refractivity contribution in [2.75, 3.05) is 0 Å². The molecular formula is C19H14ClF2N3O4. The molecule has 0 aliphatic rings. The number of aliphatic carboxylic acids is 1. The Balaban J connectivity index is 1.90. The Hall–Kier alpha value is -3.46. The lowest BCUT2D eigenvalue weighted by atomic mass is 10.0. The molecule has 1 heterocycles. The Morgan fingerprint density at radius 1 is 1.14 bits per heavy atom. The first-order valence-electron chi connectivity index (χ1n) is 8.28. The Labute approximate surface area is 168 Å². The highest BCUT2D eigenvalue weighted by Gasteiger charge is 2.26. The van der Waals surface area contributed by atoms with Gasteiger partial charge in [-0.25, -0.2) is 13.5 Å². The molecule has 29 heavy (non-hydrogen) atoms. The number of nitrogens with zero attached hydrogens (tertiary/aromatic N) is 2. The largest absolute Gasteiger partial charge is 0.493 e. The highest BCUT2D eigenvalue weighted by atomic mass is 35.5. The van der Waals surface area contributed by atoms with Crippen LogP contribution in [0.5, 0.6) is 5.88 Å². The van der Waals surface area contributed by atoms with Gasteiger partial charge in [0.1, 0.15) is 11.6 Å². The summed E-state index contributed by atoms with van der Waals surface area (Å²) in [5.41, 5.74) is -0.442. The van der Waals surface area contributed by atoms with Crippen molar-refractivity contribution >= 4 is 23.5 Å². The highest BCUT2D eigenvalue weighted by molar-refractivity contribution is 6.30. The maximum Gasteiger partial charge on any atom is 0.305 e. The van der Waals surface area contributed by atoms with Crippen molar-refractivity contribution in [3.63, 3.8) is 0 Å². The number of carboxylic acid groups (broad SMARTS) is 1. The van der Waals surface area contributed by atoms with Crippen LogP contribution in [0, 0.1) is 11.6 Å². The molecule has 0 bridgehead atoms. The van der Waals surface area contributed by atoms with E-state index in [4.69, 9.17) is 16.7 Å². The number of hydrogen-bond acceptors (Lipinski definition) is 4. The molecule has 0 fully saturated rings. The fourth-order valence-electron chi connectivity index (χ4n) is 2.73. The molecular weight excluding hydrogens is 408 g/mol. The summed E-state index contributed by atoms with van der Waals surface area (Å²) >= 11 is 5.81. The maximum absolute atomic E-state index is 14.1. The van der Waals surface area contributed by atoms with Crippen molar-refractivity contribution in [2.45, 2.75) is 12.5 Å². The van der Waals surface area contributed by atoms with Crippen molar-refractivity contribution in [1.29, 1.82) is 0 Å². The van der Waals surface area contributed by atoms with Crippen LogP contribution in [-0.4, -0.2) is 31.9 Å². The zero-order valence-electron chi connectivity index (χ0n) is 14.6. The van der Waals surface area contributed by atoms with Crippen LogP contribution in [-0.2, 0) is 4.79 Å². The Morgan fingerprint density at radius 2 is 1.76 bits per heavy atom. The third-order valence-corrected chi connectivity index (χ3v) is 4.28. The number of benzene rings is 2. The molecule has 10 heteroatoms. The Morgan fingerprint density at radius 3 is 2.34 bits per heavy atom. The number of carbonyl (C=O) groups is 2. The molecule has 1 aromatic heterocycles. The average Bonchev–Trinajstić information content (AvgIpc) is 3.03. The summed E-state index contributed by atoms with van der Waals surface area (Å²) in [6, 6.07) is 8.82. The second kappa shape index (κ2) is 8.27. The fraction of sp³-hybridized carbons (Fsp3) is 0.105. The first-order valence-corrected chi connectivity index (χ1v) is 8.65. The smallest absolute Gasteiger partial charge is 0.305 e. The maximum atomic E-state index is 14.1. The topological polar surface area (TPSA) is 104 Å². The second-order valence-corrected chi connectivity index (χ2v) is 6.47. The number of rotatable bonds is 6. The van der Waals surface area contributed by atoms with Crippen molar-refractivity contribution in [3.8, 4) is 11.6 Å². The molecule has 0 saturated heterocycles. The van der Waals surface area contributed by atoms with E-state index in [1.807, 2.05) is 0 Å². The highest BCUT2D eigenvalue weighted by Crippen LogP contribution is 2.25. The Bertz CT molecular complexity index is 1050. The van der Waals surface area contributed by atoms with E-state index in [1.165, 1.54) is 0 Å². The summed E-state index contributed by atoms with van der Waals surface area (Å²) in [7, 11) is 0. The van der Waals surface area contributed by atoms with Gasteiger partial charge < -0.3 is 15.5 Å². The lowest BCUT2D eigenvalue weighted by molar-refractivity contribution is -0.137. The van der Waals surface area contributed by atoms with Crippen LogP contribution in [0.25, 0.3) is 5.69 Å². The third kappa shape index (κ3) is 4.52. The van der Waals surface area contributed by atoms with Gasteiger partial charge in [-0.05, 0) is 36.4 Å². The molecule has 3 rings (SSSR count). The van der Waals surface area contributed by atoms with Crippen LogP contribution in [0.3, 0.4) is 0 Å². The van der Waals surface area contributed by atoms with Crippen LogP contribution >= 0.6 is 11.6 Å². The molecule has 0 aliphatic carbocycles. The zero-order chi connectivity index (χ0) is 21.1. The predicted octanol–water partition coefficient (Wildman–Crippen LogP) is 3.46. The number of aromatic hydroxyl groups is 1. The molecule has 3 aromatic rings. The standard InChI is InChI=1S/C19H14ClF2N3O4/c20-10-4-6-11(7-5-10)25-16(26)8-15(24-25)19(29)23-14(9-17(27)28)18-12(21)2-1-3-13(18)22/h1-8,14,26H,9H2,(H,23,29)(H,27,28)/t14-/m0/s1. The molecule has 0 saturated carbocycles. The molecule has 7 nitrogen and oxygen atoms in total. The monoisotopic (exact) mass is 421 g/mol. The summed E-state index contributed by atoms with van der Waals surface area (Å²) < 4.78 is 29.2. The van der Waals surface area contributed by atoms with Crippen molar-refractivity contribution in [3.05, 3.63) is 76.4 Å². The molecule has 150 valence electrons. The van der Waals surface area contributed by atoms with E-state index in [2.05, 4.69) is 10.4 Å². The summed E-state index contributed by atoms with van der Waals surface area (Å²) in [5.74, 6) is -4.64. The minimum Gasteiger partial charge on any atom is -0.493 e. The summed E-state index contributed by atoms with van der Waals surface area (Å²) in [6.45, 7) is 0. The van der Waals surface area contributed by atoms with E-state index in [1.54, 1.807) is 24.3 Å². The first kappa shape index (κ1) is 20.3. The number of hydrogen-bond donors (Lipinski definition) is 3. The van der Waals surface area contributed by atoms with Gasteiger partial charge >= 0.3 is 5.97 Å². The number of carboxylic acids is 1. The van der Waals surface area contributed by atoms with Gasteiger partial charge in [0.05, 0.1) is 18.2 Å². The number of halogens is 3. The minimum absolute atomic E-state index is 0.274. The van der Waals surface area contributed by atoms with E-state index in [9.17, 15) is 23.5 Å². The summed E-state index contributed by atoms with van der Waals surface area (Å²) in [6.07, 6.45) is -0.756. The van der Waals surface area contributed by atoms with Crippen molar-refractivity contribution in [2.24, 2.45) is 0 Å². The average molecular weight is 422 g/mol. The van der Waals surface area contributed by atoms with Gasteiger partial charge in [0.25, 0.3) is 5.91 Å². The van der Waals surface area contributed by atoms with Crippen LogP contribution in [0.1, 0.15) is 28.5 Å². The van der Waals surface area contributed by atoms with E-state index in [0.29, 0.717) is 10.7 Å². The van der Waals surface area contributed by atoms with Gasteiger partial charge in [-0.1, -0.05) is 17.7 Å². The predicted molar refractivity (Wildman–Crippen MR) is 99.1 cm³/mol. The first-order chi connectivity index (χ1) is 13.8. The van der Waals surface area contributed by atoms with Crippen molar-refractivity contribution < 1.29 is 28.6 Å². The van der Waals surface area contributed by atoms with Gasteiger partial charge in [-0.2, -0.15) is 5.10 Å². The Kier molecular flexibility index (Phi) is 5.79. The number of carbonyl (C=O) groups excluding carboxylic acids is 1. The zero-order valence-corrected chi connectivity index (χ0v) is 15.4. The quantitative estimate of drug-likeness (QED) is 0.565. The molecule has 0 aliphatic heterocycles. The van der Waals surface area contributed by atoms with E-state index in [-0.39, 0.29) is 11.6 Å². The lowest BCUT2D eigenvalue weighted by Gasteiger charge is -2.18. The normalized spacial score (nSPS) is 11.8. The molecule has 2 aromatic carbocycles. The summed E-state index contributed by atoms with van der Waals surface area (Å²) in [4.78, 5) is 23.7. The molecule has 0 radical (unpaired) electrons. The van der Waals surface area contributed by atoms with E-state index < -0.39 is 41.5 Å². The van der Waals surface area contributed by atoms with Crippen LogP contribution in [0.15, 0.2) is 48.5 Å². The van der Waals surface area contributed by atoms with Gasteiger partial charge in [-0.15, -0.1) is 0 Å². The van der Waals surface area contributed by atoms with Gasteiger partial charge in [-0.3, -0.25) is 9.59 Å². The number of amides is 1. The van der Waals surface area contributed by atoms with Gasteiger partial charge in [0, 0.05) is 16.7 Å². The van der Waals surface area contributed by atoms with E-state index in [0.717, 1.165) is 28.9 Å². The fourth-order valence-corrected chi connectivity index (χ4v) is 2.86. The van der Waals surface area contributed by atoms with Gasteiger partial charge in [0.15, 0.2) is 5.69 Å². The molecule has 3 N–H and O–H groups in total. The molecule has 1 amide bonds. The van der Waals surface area contributed by atoms with Gasteiger partial charge in [0.2, 0.25) is 5.88 Å². The van der Waals surface area contributed by atoms with Crippen LogP contribution in [0.2, 0.25) is 5.02 Å². The number of nitrogens with one attached hydrogen (secondary N) is 1.